The smallest absolute Gasteiger partial charge is 0.253 e. The van der Waals surface area contributed by atoms with Crippen LogP contribution in [0.3, 0.4) is 0 Å². The van der Waals surface area contributed by atoms with Crippen LogP contribution in [-0.4, -0.2) is 69.5 Å². The van der Waals surface area contributed by atoms with Gasteiger partial charge < -0.3 is 19.5 Å². The van der Waals surface area contributed by atoms with Crippen molar-refractivity contribution in [3.05, 3.63) is 77.7 Å². The van der Waals surface area contributed by atoms with E-state index in [1.165, 1.54) is 5.56 Å². The van der Waals surface area contributed by atoms with Crippen molar-refractivity contribution in [2.24, 2.45) is 4.99 Å². The molecule has 0 atom stereocenters. The number of carbonyl (C=O) groups excluding carboxylic acids is 1. The fraction of sp³-hybridized carbons (Fsp3) is 0.231. The molecule has 0 spiro atoms. The van der Waals surface area contributed by atoms with Crippen LogP contribution in [0.5, 0.6) is 0 Å². The standard InChI is InChI=1S/C26H25N7O/c1-31-10-12-32(13-11-31)26(34)18-4-6-22(7-5-18)29-24-25-28-8-9-33(25)17-23(30-24)19-2-3-20-15-27-16-21(20)14-19/h2-9,14-15,17H,10-13,16H2,1H3,(H,29,30). The minimum Gasteiger partial charge on any atom is -0.337 e. The first-order chi connectivity index (χ1) is 16.6. The number of nitrogens with one attached hydrogen (secondary N) is 1. The fourth-order valence-electron chi connectivity index (χ4n) is 4.45. The lowest BCUT2D eigenvalue weighted by molar-refractivity contribution is 0.0664. The Balaban J connectivity index is 1.26. The molecule has 1 saturated heterocycles. The molecule has 0 aliphatic carbocycles. The molecule has 0 bridgehead atoms. The molecule has 6 rings (SSSR count). The fourth-order valence-corrected chi connectivity index (χ4v) is 4.45. The first-order valence-electron chi connectivity index (χ1n) is 11.5. The van der Waals surface area contributed by atoms with Gasteiger partial charge in [-0.1, -0.05) is 12.1 Å². The van der Waals surface area contributed by atoms with Gasteiger partial charge in [-0.05, 0) is 48.5 Å². The van der Waals surface area contributed by atoms with Gasteiger partial charge in [0.2, 0.25) is 0 Å². The summed E-state index contributed by atoms with van der Waals surface area (Å²) < 4.78 is 1.97. The van der Waals surface area contributed by atoms with Gasteiger partial charge in [0.1, 0.15) is 0 Å². The number of anilines is 2. The van der Waals surface area contributed by atoms with Crippen LogP contribution in [-0.2, 0) is 6.54 Å². The second-order valence-electron chi connectivity index (χ2n) is 8.81. The highest BCUT2D eigenvalue weighted by molar-refractivity contribution is 5.94. The number of benzene rings is 2. The minimum atomic E-state index is 0.0796. The zero-order valence-electron chi connectivity index (χ0n) is 19.0. The molecule has 34 heavy (non-hydrogen) atoms. The Morgan fingerprint density at radius 1 is 1.03 bits per heavy atom. The van der Waals surface area contributed by atoms with Crippen molar-refractivity contribution in [2.75, 3.05) is 38.5 Å². The highest BCUT2D eigenvalue weighted by atomic mass is 16.2. The summed E-state index contributed by atoms with van der Waals surface area (Å²) in [5.41, 5.74) is 6.55. The number of likely N-dealkylation sites (N-methyl/N-ethyl adjacent to an activating group) is 1. The second-order valence-corrected chi connectivity index (χ2v) is 8.81. The Hall–Kier alpha value is -4.04. The summed E-state index contributed by atoms with van der Waals surface area (Å²) in [7, 11) is 2.08. The van der Waals surface area contributed by atoms with E-state index in [0.717, 1.165) is 54.3 Å². The third kappa shape index (κ3) is 3.82. The maximum atomic E-state index is 12.9. The van der Waals surface area contributed by atoms with Gasteiger partial charge >= 0.3 is 0 Å². The van der Waals surface area contributed by atoms with Crippen molar-refractivity contribution in [3.63, 3.8) is 0 Å². The summed E-state index contributed by atoms with van der Waals surface area (Å²) >= 11 is 0. The number of piperazine rings is 1. The lowest BCUT2D eigenvalue weighted by Crippen LogP contribution is -2.47. The SMILES string of the molecule is CN1CCN(C(=O)c2ccc(Nc3nc(-c4ccc5c(c4)CN=C5)cn4ccnc34)cc2)CC1. The van der Waals surface area contributed by atoms with E-state index < -0.39 is 0 Å². The molecule has 0 saturated carbocycles. The molecule has 8 nitrogen and oxygen atoms in total. The number of amides is 1. The van der Waals surface area contributed by atoms with E-state index in [2.05, 4.69) is 45.4 Å². The molecule has 0 unspecified atom stereocenters. The third-order valence-electron chi connectivity index (χ3n) is 6.49. The lowest BCUT2D eigenvalue weighted by atomic mass is 10.0. The molecule has 2 aromatic carbocycles. The normalized spacial score (nSPS) is 15.6. The van der Waals surface area contributed by atoms with Gasteiger partial charge in [0.05, 0.1) is 12.2 Å². The van der Waals surface area contributed by atoms with Crippen LogP contribution in [0, 0.1) is 0 Å². The number of aromatic nitrogens is 3. The highest BCUT2D eigenvalue weighted by Crippen LogP contribution is 2.27. The zero-order chi connectivity index (χ0) is 23.1. The van der Waals surface area contributed by atoms with Crippen molar-refractivity contribution in [1.29, 1.82) is 0 Å². The number of fused-ring (bicyclic) bond motifs is 2. The molecule has 1 N–H and O–H groups in total. The van der Waals surface area contributed by atoms with Crippen LogP contribution in [0.15, 0.2) is 66.0 Å². The Morgan fingerprint density at radius 2 is 1.85 bits per heavy atom. The summed E-state index contributed by atoms with van der Waals surface area (Å²) in [4.78, 5) is 30.7. The van der Waals surface area contributed by atoms with Crippen LogP contribution in [0.1, 0.15) is 21.5 Å². The van der Waals surface area contributed by atoms with Crippen molar-refractivity contribution in [3.8, 4) is 11.3 Å². The Morgan fingerprint density at radius 3 is 2.68 bits per heavy atom. The van der Waals surface area contributed by atoms with Gasteiger partial charge in [-0.3, -0.25) is 9.79 Å². The van der Waals surface area contributed by atoms with E-state index >= 15 is 0 Å². The first kappa shape index (κ1) is 20.6. The molecular formula is C26H25N7O. The van der Waals surface area contributed by atoms with Gasteiger partial charge in [-0.15, -0.1) is 0 Å². The van der Waals surface area contributed by atoms with Crippen LogP contribution >= 0.6 is 0 Å². The quantitative estimate of drug-likeness (QED) is 0.514. The first-order valence-corrected chi connectivity index (χ1v) is 11.5. The molecule has 4 heterocycles. The number of hydrogen-bond acceptors (Lipinski definition) is 6. The third-order valence-corrected chi connectivity index (χ3v) is 6.49. The van der Waals surface area contributed by atoms with Gasteiger partial charge in [-0.2, -0.15) is 0 Å². The van der Waals surface area contributed by atoms with E-state index in [0.29, 0.717) is 17.9 Å². The highest BCUT2D eigenvalue weighted by Gasteiger charge is 2.20. The van der Waals surface area contributed by atoms with Crippen LogP contribution in [0.2, 0.25) is 0 Å². The van der Waals surface area contributed by atoms with Crippen molar-refractivity contribution in [2.45, 2.75) is 6.54 Å². The number of imidazole rings is 1. The van der Waals surface area contributed by atoms with Crippen molar-refractivity contribution in [1.82, 2.24) is 24.2 Å². The minimum absolute atomic E-state index is 0.0796. The summed E-state index contributed by atoms with van der Waals surface area (Å²) in [6.45, 7) is 4.05. The number of aliphatic imine (C=N–C) groups is 1. The summed E-state index contributed by atoms with van der Waals surface area (Å²) in [6.07, 6.45) is 7.58. The average Bonchev–Trinajstić information content (AvgIpc) is 3.53. The van der Waals surface area contributed by atoms with Crippen LogP contribution < -0.4 is 5.32 Å². The van der Waals surface area contributed by atoms with Crippen LogP contribution in [0.4, 0.5) is 11.5 Å². The topological polar surface area (TPSA) is 78.1 Å². The van der Waals surface area contributed by atoms with Crippen molar-refractivity contribution < 1.29 is 4.79 Å². The lowest BCUT2D eigenvalue weighted by Gasteiger charge is -2.32. The Bertz CT molecular complexity index is 1400. The maximum Gasteiger partial charge on any atom is 0.253 e. The second kappa shape index (κ2) is 8.39. The Labute approximate surface area is 197 Å². The number of carbonyl (C=O) groups is 1. The average molecular weight is 452 g/mol. The van der Waals surface area contributed by atoms with Crippen molar-refractivity contribution >= 4 is 29.3 Å². The molecule has 8 heteroatoms. The van der Waals surface area contributed by atoms with Crippen LogP contribution in [0.25, 0.3) is 16.9 Å². The summed E-state index contributed by atoms with van der Waals surface area (Å²) in [6, 6.07) is 13.9. The monoisotopic (exact) mass is 451 g/mol. The predicted molar refractivity (Wildman–Crippen MR) is 133 cm³/mol. The molecule has 170 valence electrons. The molecule has 2 aromatic heterocycles. The molecule has 1 fully saturated rings. The summed E-state index contributed by atoms with van der Waals surface area (Å²) in [5.74, 6) is 0.744. The largest absolute Gasteiger partial charge is 0.337 e. The van der Waals surface area contributed by atoms with E-state index in [9.17, 15) is 4.79 Å². The number of hydrogen-bond donors (Lipinski definition) is 1. The Kier molecular flexibility index (Phi) is 5.07. The van der Waals surface area contributed by atoms with E-state index in [4.69, 9.17) is 4.98 Å². The summed E-state index contributed by atoms with van der Waals surface area (Å²) in [5, 5.41) is 3.40. The number of nitrogens with zero attached hydrogens (tertiary/aromatic N) is 6. The molecule has 2 aliphatic rings. The molecule has 2 aliphatic heterocycles. The molecule has 0 radical (unpaired) electrons. The zero-order valence-corrected chi connectivity index (χ0v) is 19.0. The van der Waals surface area contributed by atoms with E-state index in [-0.39, 0.29) is 5.91 Å². The van der Waals surface area contributed by atoms with E-state index in [1.54, 1.807) is 6.20 Å². The van der Waals surface area contributed by atoms with E-state index in [1.807, 2.05) is 52.2 Å². The maximum absolute atomic E-state index is 12.9. The molecular weight excluding hydrogens is 426 g/mol. The van der Waals surface area contributed by atoms with Gasteiger partial charge in [0, 0.05) is 67.8 Å². The van der Waals surface area contributed by atoms with Gasteiger partial charge in [-0.25, -0.2) is 9.97 Å². The van der Waals surface area contributed by atoms with Gasteiger partial charge in [0.15, 0.2) is 11.5 Å². The number of rotatable bonds is 4. The predicted octanol–water partition coefficient (Wildman–Crippen LogP) is 3.46. The molecule has 1 amide bonds. The van der Waals surface area contributed by atoms with Gasteiger partial charge in [0.25, 0.3) is 5.91 Å². The molecule has 4 aromatic rings.